The van der Waals surface area contributed by atoms with Gasteiger partial charge in [-0.05, 0) is 36.2 Å². The molecular weight excluding hydrogens is 484 g/mol. The summed E-state index contributed by atoms with van der Waals surface area (Å²) in [6.45, 7) is 1.54. The predicted octanol–water partition coefficient (Wildman–Crippen LogP) is 5.91. The lowest BCUT2D eigenvalue weighted by Crippen LogP contribution is -2.48. The molecule has 1 aliphatic carbocycles. The van der Waals surface area contributed by atoms with E-state index in [9.17, 15) is 14.4 Å². The number of ketones is 3. The highest BCUT2D eigenvalue weighted by Crippen LogP contribution is 2.61. The summed E-state index contributed by atoms with van der Waals surface area (Å²) in [6, 6.07) is 20.6. The highest BCUT2D eigenvalue weighted by atomic mass is 35.5. The van der Waals surface area contributed by atoms with Crippen LogP contribution >= 0.6 is 11.6 Å². The minimum Gasteiger partial charge on any atom is -0.351 e. The molecule has 3 atom stereocenters. The van der Waals surface area contributed by atoms with Gasteiger partial charge in [-0.1, -0.05) is 78.4 Å². The van der Waals surface area contributed by atoms with Gasteiger partial charge in [0.2, 0.25) is 0 Å². The SMILES string of the molecule is CC(=O)[C@H]1[C@H](c2ccc(Cl)cc2)C2(C(=O)c3ccccc3C2=O)[C@H]2C=Cc3ccc4cccnc4c3N12. The number of nitrogens with zero attached hydrogens (tertiary/aromatic N) is 2. The molecule has 1 saturated heterocycles. The Morgan fingerprint density at radius 3 is 2.30 bits per heavy atom. The smallest absolute Gasteiger partial charge is 0.180 e. The number of Topliss-reactive ketones (excluding diaryl/α,β-unsaturated/α-hetero) is 3. The molecule has 0 amide bonds. The summed E-state index contributed by atoms with van der Waals surface area (Å²) < 4.78 is 0. The van der Waals surface area contributed by atoms with Gasteiger partial charge in [0, 0.05) is 33.7 Å². The van der Waals surface area contributed by atoms with Crippen molar-refractivity contribution in [3.05, 3.63) is 112 Å². The summed E-state index contributed by atoms with van der Waals surface area (Å²) in [5.74, 6) is -1.32. The molecule has 0 radical (unpaired) electrons. The van der Waals surface area contributed by atoms with Crippen LogP contribution in [0.4, 0.5) is 5.69 Å². The quantitative estimate of drug-likeness (QED) is 0.317. The first-order valence-electron chi connectivity index (χ1n) is 12.2. The lowest BCUT2D eigenvalue weighted by Gasteiger charge is -2.37. The lowest BCUT2D eigenvalue weighted by molar-refractivity contribution is -0.118. The first kappa shape index (κ1) is 22.1. The van der Waals surface area contributed by atoms with Gasteiger partial charge in [-0.2, -0.15) is 0 Å². The number of pyridine rings is 1. The predicted molar refractivity (Wildman–Crippen MR) is 143 cm³/mol. The molecule has 7 rings (SSSR count). The molecule has 3 aromatic carbocycles. The molecular formula is C31H21ClN2O3. The largest absolute Gasteiger partial charge is 0.351 e. The molecule has 0 unspecified atom stereocenters. The van der Waals surface area contributed by atoms with Crippen molar-refractivity contribution >= 4 is 51.6 Å². The summed E-state index contributed by atoms with van der Waals surface area (Å²) in [5, 5.41) is 1.47. The highest BCUT2D eigenvalue weighted by molar-refractivity contribution is 6.32. The molecule has 4 aromatic rings. The van der Waals surface area contributed by atoms with Crippen molar-refractivity contribution < 1.29 is 14.4 Å². The van der Waals surface area contributed by atoms with Gasteiger partial charge in [-0.3, -0.25) is 19.4 Å². The Kier molecular flexibility index (Phi) is 4.61. The number of fused-ring (bicyclic) bond motifs is 7. The Hall–Kier alpha value is -4.09. The molecule has 3 heterocycles. The first-order chi connectivity index (χ1) is 17.9. The van der Waals surface area contributed by atoms with Crippen LogP contribution in [0.3, 0.4) is 0 Å². The molecule has 0 N–H and O–H groups in total. The Morgan fingerprint density at radius 2 is 1.62 bits per heavy atom. The summed E-state index contributed by atoms with van der Waals surface area (Å²) in [5.41, 5.74) is 2.46. The van der Waals surface area contributed by atoms with Crippen LogP contribution in [0.5, 0.6) is 0 Å². The van der Waals surface area contributed by atoms with Crippen molar-refractivity contribution in [3.8, 4) is 0 Å². The molecule has 6 heteroatoms. The zero-order valence-electron chi connectivity index (χ0n) is 19.9. The minimum atomic E-state index is -1.50. The van der Waals surface area contributed by atoms with Crippen molar-refractivity contribution in [1.82, 2.24) is 4.98 Å². The number of carbonyl (C=O) groups is 3. The van der Waals surface area contributed by atoms with Crippen molar-refractivity contribution in [3.63, 3.8) is 0 Å². The monoisotopic (exact) mass is 504 g/mol. The van der Waals surface area contributed by atoms with Crippen LogP contribution in [0.25, 0.3) is 17.0 Å². The standard InChI is InChI=1S/C31H21ClN2O3/c1-17(35)27-25(18-10-13-21(32)14-11-18)31(29(36)22-6-2-3-7-23(22)30(31)37)24-15-12-20-9-8-19-5-4-16-33-26(19)28(20)34(24)27/h2-16,24-25,27H,1H3/t24-,25+,27+/m1/s1. The summed E-state index contributed by atoms with van der Waals surface area (Å²) in [4.78, 5) is 49.2. The van der Waals surface area contributed by atoms with Crippen molar-refractivity contribution in [1.29, 1.82) is 0 Å². The number of rotatable bonds is 2. The Bertz CT molecular complexity index is 1660. The van der Waals surface area contributed by atoms with E-state index in [-0.39, 0.29) is 17.3 Å². The molecule has 0 bridgehead atoms. The molecule has 3 aliphatic rings. The Balaban J connectivity index is 1.58. The van der Waals surface area contributed by atoms with Crippen LogP contribution < -0.4 is 4.90 Å². The topological polar surface area (TPSA) is 67.3 Å². The van der Waals surface area contributed by atoms with Crippen LogP contribution in [0.1, 0.15) is 44.7 Å². The number of hydrogen-bond donors (Lipinski definition) is 0. The van der Waals surface area contributed by atoms with Gasteiger partial charge >= 0.3 is 0 Å². The zero-order chi connectivity index (χ0) is 25.5. The second kappa shape index (κ2) is 7.70. The molecule has 180 valence electrons. The van der Waals surface area contributed by atoms with E-state index in [2.05, 4.69) is 4.98 Å². The van der Waals surface area contributed by atoms with E-state index >= 15 is 0 Å². The maximum absolute atomic E-state index is 14.4. The fourth-order valence-corrected chi connectivity index (χ4v) is 6.91. The number of anilines is 1. The van der Waals surface area contributed by atoms with E-state index in [0.717, 1.165) is 27.7 Å². The molecule has 1 spiro atoms. The lowest BCUT2D eigenvalue weighted by atomic mass is 9.64. The zero-order valence-corrected chi connectivity index (χ0v) is 20.6. The number of hydrogen-bond acceptors (Lipinski definition) is 5. The molecule has 0 saturated carbocycles. The summed E-state index contributed by atoms with van der Waals surface area (Å²) in [6.07, 6.45) is 5.60. The third-order valence-electron chi connectivity index (χ3n) is 8.18. The molecule has 2 aliphatic heterocycles. The van der Waals surface area contributed by atoms with Gasteiger partial charge in [0.25, 0.3) is 0 Å². The maximum atomic E-state index is 14.4. The van der Waals surface area contributed by atoms with Crippen LogP contribution in [0.2, 0.25) is 5.02 Å². The van der Waals surface area contributed by atoms with E-state index in [1.54, 1.807) is 42.6 Å². The summed E-state index contributed by atoms with van der Waals surface area (Å²) >= 11 is 6.22. The molecule has 37 heavy (non-hydrogen) atoms. The van der Waals surface area contributed by atoms with Crippen molar-refractivity contribution in [2.75, 3.05) is 4.90 Å². The van der Waals surface area contributed by atoms with Gasteiger partial charge in [-0.15, -0.1) is 0 Å². The van der Waals surface area contributed by atoms with Gasteiger partial charge in [0.1, 0.15) is 5.41 Å². The van der Waals surface area contributed by atoms with Gasteiger partial charge in [-0.25, -0.2) is 0 Å². The van der Waals surface area contributed by atoms with Crippen LogP contribution in [0, 0.1) is 5.41 Å². The average Bonchev–Trinajstić information content (AvgIpc) is 3.35. The molecule has 5 nitrogen and oxygen atoms in total. The van der Waals surface area contributed by atoms with Gasteiger partial charge in [0.15, 0.2) is 17.3 Å². The van der Waals surface area contributed by atoms with E-state index in [0.29, 0.717) is 16.1 Å². The molecule has 1 aromatic heterocycles. The summed E-state index contributed by atoms with van der Waals surface area (Å²) in [7, 11) is 0. The molecule has 1 fully saturated rings. The maximum Gasteiger partial charge on any atom is 0.180 e. The Morgan fingerprint density at radius 1 is 0.919 bits per heavy atom. The number of carbonyl (C=O) groups excluding carboxylic acids is 3. The third kappa shape index (κ3) is 2.75. The van der Waals surface area contributed by atoms with E-state index in [1.165, 1.54) is 6.92 Å². The van der Waals surface area contributed by atoms with Crippen molar-refractivity contribution in [2.24, 2.45) is 5.41 Å². The number of aromatic nitrogens is 1. The second-order valence-electron chi connectivity index (χ2n) is 9.95. The fraction of sp³-hybridized carbons (Fsp3) is 0.161. The van der Waals surface area contributed by atoms with Crippen LogP contribution in [0.15, 0.2) is 85.1 Å². The van der Waals surface area contributed by atoms with Gasteiger partial charge < -0.3 is 4.90 Å². The van der Waals surface area contributed by atoms with E-state index in [1.807, 2.05) is 53.5 Å². The number of halogens is 1. The van der Waals surface area contributed by atoms with E-state index < -0.39 is 23.4 Å². The van der Waals surface area contributed by atoms with Crippen LogP contribution in [-0.2, 0) is 4.79 Å². The van der Waals surface area contributed by atoms with Crippen molar-refractivity contribution in [2.45, 2.75) is 24.9 Å². The Labute approximate surface area is 218 Å². The van der Waals surface area contributed by atoms with Gasteiger partial charge in [0.05, 0.1) is 23.3 Å². The second-order valence-corrected chi connectivity index (χ2v) is 10.4. The van der Waals surface area contributed by atoms with Crippen LogP contribution in [-0.4, -0.2) is 34.4 Å². The first-order valence-corrected chi connectivity index (χ1v) is 12.6. The highest BCUT2D eigenvalue weighted by Gasteiger charge is 2.71. The third-order valence-corrected chi connectivity index (χ3v) is 8.43. The number of benzene rings is 3. The average molecular weight is 505 g/mol. The normalized spacial score (nSPS) is 22.9. The minimum absolute atomic E-state index is 0.118. The fourth-order valence-electron chi connectivity index (χ4n) is 6.78. The van der Waals surface area contributed by atoms with E-state index in [4.69, 9.17) is 11.6 Å².